The van der Waals surface area contributed by atoms with Gasteiger partial charge in [0.1, 0.15) is 0 Å². The van der Waals surface area contributed by atoms with Crippen molar-refractivity contribution in [2.75, 3.05) is 37.6 Å². The van der Waals surface area contributed by atoms with E-state index in [4.69, 9.17) is 0 Å². The molecule has 1 aliphatic heterocycles. The molecule has 0 spiro atoms. The fourth-order valence-electron chi connectivity index (χ4n) is 3.60. The van der Waals surface area contributed by atoms with E-state index in [1.54, 1.807) is 0 Å². The Morgan fingerprint density at radius 1 is 1.06 bits per heavy atom. The minimum atomic E-state index is -0.0733. The standard InChI is InChI=1S/C24H33N5O.HI/c1-3-25-24(27-15-14-26-23(30)20-10-5-4-6-11-20)28-19(2)21-12-9-13-22(18-21)29-16-7-8-17-29;/h4-6,9-13,18-19H,3,7-8,14-17H2,1-2H3,(H,26,30)(H2,25,27,28);1H. The third kappa shape index (κ3) is 7.72. The highest BCUT2D eigenvalue weighted by Gasteiger charge is 2.14. The number of guanidine groups is 1. The second kappa shape index (κ2) is 13.2. The largest absolute Gasteiger partial charge is 0.372 e. The maximum absolute atomic E-state index is 12.1. The number of halogens is 1. The summed E-state index contributed by atoms with van der Waals surface area (Å²) in [6.45, 7) is 8.26. The maximum atomic E-state index is 12.1. The molecule has 0 aliphatic carbocycles. The molecule has 1 fully saturated rings. The first-order valence-corrected chi connectivity index (χ1v) is 10.9. The molecular formula is C24H34IN5O. The molecule has 3 N–H and O–H groups in total. The number of carbonyl (C=O) groups is 1. The van der Waals surface area contributed by atoms with Crippen LogP contribution < -0.4 is 20.9 Å². The summed E-state index contributed by atoms with van der Waals surface area (Å²) in [6, 6.07) is 18.1. The van der Waals surface area contributed by atoms with Crippen LogP contribution in [0.2, 0.25) is 0 Å². The van der Waals surface area contributed by atoms with Crippen LogP contribution in [0.15, 0.2) is 59.6 Å². The molecule has 1 aliphatic rings. The van der Waals surface area contributed by atoms with E-state index in [1.165, 1.54) is 24.1 Å². The lowest BCUT2D eigenvalue weighted by Gasteiger charge is -2.22. The molecule has 0 aromatic heterocycles. The van der Waals surface area contributed by atoms with Gasteiger partial charge in [-0.15, -0.1) is 24.0 Å². The van der Waals surface area contributed by atoms with E-state index in [0.717, 1.165) is 25.6 Å². The predicted octanol–water partition coefficient (Wildman–Crippen LogP) is 3.95. The number of carbonyl (C=O) groups excluding carboxylic acids is 1. The lowest BCUT2D eigenvalue weighted by atomic mass is 10.1. The second-order valence-electron chi connectivity index (χ2n) is 7.54. The Morgan fingerprint density at radius 2 is 1.81 bits per heavy atom. The molecule has 7 heteroatoms. The van der Waals surface area contributed by atoms with Crippen LogP contribution in [-0.2, 0) is 0 Å². The van der Waals surface area contributed by atoms with E-state index in [1.807, 2.05) is 37.3 Å². The molecule has 1 atom stereocenters. The first kappa shape index (κ1) is 25.0. The summed E-state index contributed by atoms with van der Waals surface area (Å²) in [5.74, 6) is 0.682. The average molecular weight is 535 g/mol. The zero-order chi connectivity index (χ0) is 21.2. The monoisotopic (exact) mass is 535 g/mol. The molecule has 0 saturated carbocycles. The summed E-state index contributed by atoms with van der Waals surface area (Å²) in [5, 5.41) is 9.68. The van der Waals surface area contributed by atoms with Gasteiger partial charge in [-0.25, -0.2) is 0 Å². The molecule has 1 amide bonds. The maximum Gasteiger partial charge on any atom is 0.251 e. The molecule has 3 rings (SSSR count). The Kier molecular flexibility index (Phi) is 10.6. The van der Waals surface area contributed by atoms with Gasteiger partial charge in [0, 0.05) is 37.4 Å². The van der Waals surface area contributed by atoms with E-state index in [9.17, 15) is 4.79 Å². The van der Waals surface area contributed by atoms with Crippen LogP contribution in [0.3, 0.4) is 0 Å². The molecule has 1 saturated heterocycles. The Labute approximate surface area is 202 Å². The number of anilines is 1. The van der Waals surface area contributed by atoms with Gasteiger partial charge in [0.25, 0.3) is 5.91 Å². The number of aliphatic imine (C=N–C) groups is 1. The van der Waals surface area contributed by atoms with Crippen molar-refractivity contribution in [2.45, 2.75) is 32.7 Å². The van der Waals surface area contributed by atoms with E-state index >= 15 is 0 Å². The molecule has 1 heterocycles. The number of amides is 1. The van der Waals surface area contributed by atoms with Crippen molar-refractivity contribution in [3.8, 4) is 0 Å². The van der Waals surface area contributed by atoms with Gasteiger partial charge in [0.15, 0.2) is 5.96 Å². The highest BCUT2D eigenvalue weighted by atomic mass is 127. The fraction of sp³-hybridized carbons (Fsp3) is 0.417. The zero-order valence-corrected chi connectivity index (χ0v) is 20.8. The summed E-state index contributed by atoms with van der Waals surface area (Å²) in [6.07, 6.45) is 2.55. The average Bonchev–Trinajstić information content (AvgIpc) is 3.32. The number of rotatable bonds is 8. The van der Waals surface area contributed by atoms with Gasteiger partial charge in [0.05, 0.1) is 12.6 Å². The highest BCUT2D eigenvalue weighted by molar-refractivity contribution is 14.0. The summed E-state index contributed by atoms with van der Waals surface area (Å²) >= 11 is 0. The minimum Gasteiger partial charge on any atom is -0.372 e. The van der Waals surface area contributed by atoms with Crippen LogP contribution in [0, 0.1) is 0 Å². The highest BCUT2D eigenvalue weighted by Crippen LogP contribution is 2.23. The molecule has 0 radical (unpaired) electrons. The summed E-state index contributed by atoms with van der Waals surface area (Å²) in [4.78, 5) is 19.2. The van der Waals surface area contributed by atoms with Gasteiger partial charge in [-0.3, -0.25) is 9.79 Å². The van der Waals surface area contributed by atoms with E-state index in [-0.39, 0.29) is 35.9 Å². The molecule has 2 aromatic carbocycles. The van der Waals surface area contributed by atoms with E-state index in [0.29, 0.717) is 18.7 Å². The van der Waals surface area contributed by atoms with Crippen LogP contribution >= 0.6 is 24.0 Å². The fourth-order valence-corrected chi connectivity index (χ4v) is 3.60. The number of hydrogen-bond acceptors (Lipinski definition) is 3. The zero-order valence-electron chi connectivity index (χ0n) is 18.4. The van der Waals surface area contributed by atoms with Crippen LogP contribution in [0.5, 0.6) is 0 Å². The molecule has 2 aromatic rings. The first-order valence-electron chi connectivity index (χ1n) is 10.9. The molecule has 6 nitrogen and oxygen atoms in total. The normalized spacial score (nSPS) is 14.5. The summed E-state index contributed by atoms with van der Waals surface area (Å²) in [5.41, 5.74) is 3.20. The van der Waals surface area contributed by atoms with E-state index in [2.05, 4.69) is 57.0 Å². The van der Waals surface area contributed by atoms with Crippen molar-refractivity contribution in [1.29, 1.82) is 0 Å². The van der Waals surface area contributed by atoms with E-state index < -0.39 is 0 Å². The topological polar surface area (TPSA) is 68.8 Å². The van der Waals surface area contributed by atoms with Crippen LogP contribution in [-0.4, -0.2) is 44.6 Å². The summed E-state index contributed by atoms with van der Waals surface area (Å²) < 4.78 is 0. The van der Waals surface area contributed by atoms with Crippen LogP contribution in [0.4, 0.5) is 5.69 Å². The van der Waals surface area contributed by atoms with Gasteiger partial charge < -0.3 is 20.9 Å². The number of nitrogens with zero attached hydrogens (tertiary/aromatic N) is 2. The van der Waals surface area contributed by atoms with Crippen molar-refractivity contribution in [1.82, 2.24) is 16.0 Å². The van der Waals surface area contributed by atoms with Crippen molar-refractivity contribution < 1.29 is 4.79 Å². The lowest BCUT2D eigenvalue weighted by molar-refractivity contribution is 0.0955. The lowest BCUT2D eigenvalue weighted by Crippen LogP contribution is -2.39. The number of nitrogens with one attached hydrogen (secondary N) is 3. The van der Waals surface area contributed by atoms with Crippen molar-refractivity contribution in [3.63, 3.8) is 0 Å². The SMILES string of the molecule is CCNC(=NCCNC(=O)c1ccccc1)NC(C)c1cccc(N2CCCC2)c1.I. The third-order valence-electron chi connectivity index (χ3n) is 5.24. The predicted molar refractivity (Wildman–Crippen MR) is 140 cm³/mol. The van der Waals surface area contributed by atoms with Gasteiger partial charge in [-0.1, -0.05) is 30.3 Å². The summed E-state index contributed by atoms with van der Waals surface area (Å²) in [7, 11) is 0. The minimum absolute atomic E-state index is 0. The van der Waals surface area contributed by atoms with Crippen molar-refractivity contribution in [2.24, 2.45) is 4.99 Å². The smallest absolute Gasteiger partial charge is 0.251 e. The van der Waals surface area contributed by atoms with Gasteiger partial charge in [-0.2, -0.15) is 0 Å². The van der Waals surface area contributed by atoms with Gasteiger partial charge in [0.2, 0.25) is 0 Å². The molecular weight excluding hydrogens is 501 g/mol. The van der Waals surface area contributed by atoms with Crippen molar-refractivity contribution >= 4 is 41.5 Å². The molecule has 168 valence electrons. The Bertz CT molecular complexity index is 837. The number of hydrogen-bond donors (Lipinski definition) is 3. The quantitative estimate of drug-likeness (QED) is 0.207. The van der Waals surface area contributed by atoms with Gasteiger partial charge in [-0.05, 0) is 56.5 Å². The van der Waals surface area contributed by atoms with Crippen molar-refractivity contribution in [3.05, 3.63) is 65.7 Å². The molecule has 0 bridgehead atoms. The molecule has 1 unspecified atom stereocenters. The second-order valence-corrected chi connectivity index (χ2v) is 7.54. The Hall–Kier alpha value is -2.29. The Morgan fingerprint density at radius 3 is 2.52 bits per heavy atom. The third-order valence-corrected chi connectivity index (χ3v) is 5.24. The first-order chi connectivity index (χ1) is 14.7. The van der Waals surface area contributed by atoms with Crippen LogP contribution in [0.1, 0.15) is 48.7 Å². The molecule has 31 heavy (non-hydrogen) atoms. The Balaban J connectivity index is 0.00000341. The van der Waals surface area contributed by atoms with Crippen LogP contribution in [0.25, 0.3) is 0 Å². The number of benzene rings is 2. The van der Waals surface area contributed by atoms with Gasteiger partial charge >= 0.3 is 0 Å².